The summed E-state index contributed by atoms with van der Waals surface area (Å²) in [6.45, 7) is 4.63. The van der Waals surface area contributed by atoms with Crippen LogP contribution in [0.3, 0.4) is 0 Å². The Morgan fingerprint density at radius 1 is 1.26 bits per heavy atom. The van der Waals surface area contributed by atoms with Gasteiger partial charge in [-0.2, -0.15) is 0 Å². The second-order valence-corrected chi connectivity index (χ2v) is 8.75. The van der Waals surface area contributed by atoms with Crippen LogP contribution in [0.1, 0.15) is 31.4 Å². The van der Waals surface area contributed by atoms with Crippen LogP contribution in [0, 0.1) is 6.92 Å². The first-order valence-electron chi connectivity index (χ1n) is 9.75. The molecule has 2 aromatic heterocycles. The third-order valence-electron chi connectivity index (χ3n) is 5.32. The van der Waals surface area contributed by atoms with Gasteiger partial charge >= 0.3 is 5.97 Å². The van der Waals surface area contributed by atoms with E-state index in [1.807, 2.05) is 0 Å². The second kappa shape index (κ2) is 8.78. The molecule has 0 bridgehead atoms. The molecule has 1 aliphatic heterocycles. The Labute approximate surface area is 187 Å². The van der Waals surface area contributed by atoms with Gasteiger partial charge in [-0.1, -0.05) is 17.7 Å². The lowest BCUT2D eigenvalue weighted by Gasteiger charge is -2.34. The number of nitrogens with one attached hydrogen (secondary N) is 1. The van der Waals surface area contributed by atoms with Crippen molar-refractivity contribution in [2.24, 2.45) is 0 Å². The molecule has 3 aromatic rings. The number of halogens is 1. The van der Waals surface area contributed by atoms with Crippen molar-refractivity contribution in [3.63, 3.8) is 0 Å². The van der Waals surface area contributed by atoms with Crippen LogP contribution in [0.25, 0.3) is 10.2 Å². The SMILES string of the molecule is COC(=O)c1sc2nc(CN3CCN(C(=O)c4cccc(Cl)c4)CC3)[nH]c(=O)c2c1C. The van der Waals surface area contributed by atoms with Crippen molar-refractivity contribution < 1.29 is 14.3 Å². The molecule has 10 heteroatoms. The molecule has 1 fully saturated rings. The summed E-state index contributed by atoms with van der Waals surface area (Å²) >= 11 is 7.15. The molecule has 1 saturated heterocycles. The van der Waals surface area contributed by atoms with Crippen molar-refractivity contribution in [3.8, 4) is 0 Å². The van der Waals surface area contributed by atoms with Gasteiger partial charge in [-0.05, 0) is 30.7 Å². The van der Waals surface area contributed by atoms with E-state index in [1.165, 1.54) is 7.11 Å². The number of amides is 1. The Morgan fingerprint density at radius 2 is 2.00 bits per heavy atom. The molecule has 3 heterocycles. The smallest absolute Gasteiger partial charge is 0.348 e. The van der Waals surface area contributed by atoms with Crippen LogP contribution >= 0.6 is 22.9 Å². The van der Waals surface area contributed by atoms with Gasteiger partial charge in [0, 0.05) is 36.8 Å². The molecule has 0 radical (unpaired) electrons. The van der Waals surface area contributed by atoms with Gasteiger partial charge in [-0.3, -0.25) is 14.5 Å². The Morgan fingerprint density at radius 3 is 2.68 bits per heavy atom. The van der Waals surface area contributed by atoms with E-state index in [-0.39, 0.29) is 11.5 Å². The van der Waals surface area contributed by atoms with E-state index >= 15 is 0 Å². The van der Waals surface area contributed by atoms with E-state index in [0.717, 1.165) is 11.3 Å². The molecule has 4 rings (SSSR count). The van der Waals surface area contributed by atoms with Crippen LogP contribution in [0.5, 0.6) is 0 Å². The average molecular weight is 461 g/mol. The molecular formula is C21H21ClN4O4S. The number of H-pyrrole nitrogens is 1. The minimum atomic E-state index is -0.470. The molecule has 0 unspecified atom stereocenters. The Bertz CT molecular complexity index is 1210. The minimum Gasteiger partial charge on any atom is -0.465 e. The molecular weight excluding hydrogens is 440 g/mol. The number of aryl methyl sites for hydroxylation is 1. The Balaban J connectivity index is 1.45. The number of piperazine rings is 1. The monoisotopic (exact) mass is 460 g/mol. The number of fused-ring (bicyclic) bond motifs is 1. The summed E-state index contributed by atoms with van der Waals surface area (Å²) in [6.07, 6.45) is 0. The predicted molar refractivity (Wildman–Crippen MR) is 119 cm³/mol. The lowest BCUT2D eigenvalue weighted by molar-refractivity contribution is 0.0603. The number of carbonyl (C=O) groups is 2. The number of carbonyl (C=O) groups excluding carboxylic acids is 2. The van der Waals surface area contributed by atoms with Crippen molar-refractivity contribution in [1.29, 1.82) is 0 Å². The Kier molecular flexibility index (Phi) is 6.08. The molecule has 162 valence electrons. The number of hydrogen-bond donors (Lipinski definition) is 1. The van der Waals surface area contributed by atoms with E-state index in [2.05, 4.69) is 14.9 Å². The van der Waals surface area contributed by atoms with Gasteiger partial charge in [0.1, 0.15) is 15.5 Å². The van der Waals surface area contributed by atoms with Crippen molar-refractivity contribution in [2.45, 2.75) is 13.5 Å². The Hall–Kier alpha value is -2.75. The number of ether oxygens (including phenoxy) is 1. The van der Waals surface area contributed by atoms with Crippen LogP contribution in [0.2, 0.25) is 5.02 Å². The number of esters is 1. The molecule has 31 heavy (non-hydrogen) atoms. The zero-order valence-corrected chi connectivity index (χ0v) is 18.7. The first-order valence-corrected chi connectivity index (χ1v) is 10.9. The number of hydrogen-bond acceptors (Lipinski definition) is 7. The number of benzene rings is 1. The first kappa shape index (κ1) is 21.5. The normalized spacial score (nSPS) is 14.7. The largest absolute Gasteiger partial charge is 0.465 e. The summed E-state index contributed by atoms with van der Waals surface area (Å²) in [6, 6.07) is 6.94. The number of thiophene rings is 1. The van der Waals surface area contributed by atoms with Crippen LogP contribution in [0.15, 0.2) is 29.1 Å². The van der Waals surface area contributed by atoms with Crippen molar-refractivity contribution in [3.05, 3.63) is 61.5 Å². The van der Waals surface area contributed by atoms with Gasteiger partial charge in [0.05, 0.1) is 19.0 Å². The molecule has 8 nitrogen and oxygen atoms in total. The third-order valence-corrected chi connectivity index (χ3v) is 6.73. The molecule has 1 N–H and O–H groups in total. The number of rotatable bonds is 4. The van der Waals surface area contributed by atoms with Crippen molar-refractivity contribution >= 4 is 45.0 Å². The molecule has 0 saturated carbocycles. The highest BCUT2D eigenvalue weighted by Crippen LogP contribution is 2.27. The molecule has 1 aromatic carbocycles. The van der Waals surface area contributed by atoms with E-state index in [9.17, 15) is 14.4 Å². The maximum Gasteiger partial charge on any atom is 0.348 e. The van der Waals surface area contributed by atoms with E-state index in [4.69, 9.17) is 16.3 Å². The molecule has 0 aliphatic carbocycles. The van der Waals surface area contributed by atoms with Crippen LogP contribution in [0.4, 0.5) is 0 Å². The number of nitrogens with zero attached hydrogens (tertiary/aromatic N) is 3. The van der Waals surface area contributed by atoms with Gasteiger partial charge in [0.15, 0.2) is 0 Å². The lowest BCUT2D eigenvalue weighted by Crippen LogP contribution is -2.48. The number of aromatic nitrogens is 2. The highest BCUT2D eigenvalue weighted by Gasteiger charge is 2.24. The fraction of sp³-hybridized carbons (Fsp3) is 0.333. The van der Waals surface area contributed by atoms with Crippen molar-refractivity contribution in [1.82, 2.24) is 19.8 Å². The summed E-state index contributed by atoms with van der Waals surface area (Å²) in [5.41, 5.74) is 0.894. The standard InChI is InChI=1S/C21H21ClN4O4S/c1-12-16-18(27)23-15(24-19(16)31-17(12)21(29)30-2)11-25-6-8-26(9-7-25)20(28)13-4-3-5-14(22)10-13/h3-5,10H,6-9,11H2,1-2H3,(H,23,24,27). The summed E-state index contributed by atoms with van der Waals surface area (Å²) in [4.78, 5) is 49.4. The maximum atomic E-state index is 12.7. The molecule has 0 spiro atoms. The summed E-state index contributed by atoms with van der Waals surface area (Å²) in [7, 11) is 1.31. The van der Waals surface area contributed by atoms with Crippen molar-refractivity contribution in [2.75, 3.05) is 33.3 Å². The van der Waals surface area contributed by atoms with Gasteiger partial charge in [-0.15, -0.1) is 11.3 Å². The lowest BCUT2D eigenvalue weighted by atomic mass is 10.2. The third kappa shape index (κ3) is 4.34. The highest BCUT2D eigenvalue weighted by molar-refractivity contribution is 7.20. The fourth-order valence-electron chi connectivity index (χ4n) is 3.68. The van der Waals surface area contributed by atoms with Gasteiger partial charge in [0.25, 0.3) is 11.5 Å². The minimum absolute atomic E-state index is 0.0421. The second-order valence-electron chi connectivity index (χ2n) is 7.32. The number of aromatic amines is 1. The zero-order chi connectivity index (χ0) is 22.1. The first-order chi connectivity index (χ1) is 14.9. The summed E-state index contributed by atoms with van der Waals surface area (Å²) in [5, 5.41) is 0.958. The van der Waals surface area contributed by atoms with E-state index in [0.29, 0.717) is 69.8 Å². The van der Waals surface area contributed by atoms with Crippen LogP contribution in [-0.4, -0.2) is 64.9 Å². The average Bonchev–Trinajstić information content (AvgIpc) is 3.10. The number of methoxy groups -OCH3 is 1. The van der Waals surface area contributed by atoms with Gasteiger partial charge < -0.3 is 14.6 Å². The molecule has 1 amide bonds. The maximum absolute atomic E-state index is 12.7. The zero-order valence-electron chi connectivity index (χ0n) is 17.1. The van der Waals surface area contributed by atoms with E-state index in [1.54, 1.807) is 36.1 Å². The predicted octanol–water partition coefficient (Wildman–Crippen LogP) is 2.69. The van der Waals surface area contributed by atoms with Crippen LogP contribution in [-0.2, 0) is 11.3 Å². The topological polar surface area (TPSA) is 95.6 Å². The van der Waals surface area contributed by atoms with Gasteiger partial charge in [0.2, 0.25) is 0 Å². The van der Waals surface area contributed by atoms with Crippen LogP contribution < -0.4 is 5.56 Å². The van der Waals surface area contributed by atoms with E-state index < -0.39 is 5.97 Å². The summed E-state index contributed by atoms with van der Waals surface area (Å²) < 4.78 is 4.79. The fourth-order valence-corrected chi connectivity index (χ4v) is 4.98. The quantitative estimate of drug-likeness (QED) is 0.601. The molecule has 1 aliphatic rings. The molecule has 0 atom stereocenters. The summed E-state index contributed by atoms with van der Waals surface area (Å²) in [5.74, 6) is 0.0197. The highest BCUT2D eigenvalue weighted by atomic mass is 35.5. The van der Waals surface area contributed by atoms with Gasteiger partial charge in [-0.25, -0.2) is 9.78 Å².